The third-order valence-corrected chi connectivity index (χ3v) is 7.51. The molecule has 7 aromatic rings. The van der Waals surface area contributed by atoms with Gasteiger partial charge in [0.15, 0.2) is 23.3 Å². The van der Waals surface area contributed by atoms with Crippen molar-refractivity contribution in [1.82, 2.24) is 39.9 Å². The Morgan fingerprint density at radius 2 is 0.756 bits per heavy atom. The molecule has 8 nitrogen and oxygen atoms in total. The Bertz CT molecular complexity index is 2400. The van der Waals surface area contributed by atoms with E-state index in [9.17, 15) is 4.39 Å². The van der Waals surface area contributed by atoms with Crippen LogP contribution < -0.4 is 0 Å². The fourth-order valence-corrected chi connectivity index (χ4v) is 5.61. The van der Waals surface area contributed by atoms with Gasteiger partial charge < -0.3 is 9.97 Å². The van der Waals surface area contributed by atoms with Crippen molar-refractivity contribution < 1.29 is 4.39 Å². The van der Waals surface area contributed by atoms with E-state index in [0.29, 0.717) is 51.3 Å². The van der Waals surface area contributed by atoms with Gasteiger partial charge in [0.25, 0.3) is 0 Å². The summed E-state index contributed by atoms with van der Waals surface area (Å²) in [7, 11) is 0. The summed E-state index contributed by atoms with van der Waals surface area (Å²) >= 11 is 0. The van der Waals surface area contributed by atoms with Crippen molar-refractivity contribution in [1.29, 1.82) is 0 Å². The molecule has 0 amide bonds. The van der Waals surface area contributed by atoms with Crippen LogP contribution in [0.5, 0.6) is 0 Å². The SMILES string of the molecule is Fc1ccc2c3nc4nc(nc5[nH]c(nc6nc(nc([nH]3)c2c1)-c1ccccc1-6)c1ccccc51)-c1ccccc1-4. The van der Waals surface area contributed by atoms with Crippen LogP contribution in [0.2, 0.25) is 0 Å². The number of nitrogens with one attached hydrogen (secondary N) is 2. The summed E-state index contributed by atoms with van der Waals surface area (Å²) in [6, 6.07) is 28.2. The molecule has 9 heteroatoms. The number of H-pyrrole nitrogens is 2. The standard InChI is InChI=1S/C32H17FN8/c33-16-13-14-23-24(15-16)32-40-30-22-12-6-5-11-21(22)28(38-30)36-26-18-8-2-1-7-17(18)25(34-26)35-27-19-9-3-4-10-20(19)29(37-27)39-31(23)41-32/h1-15H,(H2,34,35,36,37,38,39,40,41). The number of rotatable bonds is 0. The first-order valence-corrected chi connectivity index (χ1v) is 13.1. The summed E-state index contributed by atoms with van der Waals surface area (Å²) in [4.78, 5) is 36.2. The zero-order valence-corrected chi connectivity index (χ0v) is 21.2. The van der Waals surface area contributed by atoms with E-state index < -0.39 is 0 Å². The lowest BCUT2D eigenvalue weighted by Crippen LogP contribution is -1.82. The predicted octanol–water partition coefficient (Wildman–Crippen LogP) is 7.01. The van der Waals surface area contributed by atoms with E-state index >= 15 is 0 Å². The summed E-state index contributed by atoms with van der Waals surface area (Å²) in [6.07, 6.45) is 0. The average molecular weight is 533 g/mol. The highest BCUT2D eigenvalue weighted by molar-refractivity contribution is 6.06. The van der Waals surface area contributed by atoms with Gasteiger partial charge in [-0.1, -0.05) is 72.8 Å². The molecule has 0 spiro atoms. The van der Waals surface area contributed by atoms with Crippen LogP contribution in [0.4, 0.5) is 4.39 Å². The van der Waals surface area contributed by atoms with E-state index in [1.165, 1.54) is 12.1 Å². The highest BCUT2D eigenvalue weighted by Gasteiger charge is 2.21. The fraction of sp³-hybridized carbons (Fsp3) is 0. The molecule has 4 aromatic carbocycles. The van der Waals surface area contributed by atoms with E-state index in [2.05, 4.69) is 9.97 Å². The maximum absolute atomic E-state index is 14.5. The minimum absolute atomic E-state index is 0.367. The summed E-state index contributed by atoms with van der Waals surface area (Å²) in [5, 5.41) is 3.15. The van der Waals surface area contributed by atoms with Gasteiger partial charge in [0.2, 0.25) is 0 Å². The number of hydrogen-bond donors (Lipinski definition) is 2. The fourth-order valence-electron chi connectivity index (χ4n) is 5.61. The van der Waals surface area contributed by atoms with Crippen LogP contribution in [0, 0.1) is 5.82 Å². The minimum atomic E-state index is -0.367. The zero-order valence-electron chi connectivity index (χ0n) is 21.2. The van der Waals surface area contributed by atoms with E-state index in [4.69, 9.17) is 29.9 Å². The van der Waals surface area contributed by atoms with E-state index in [0.717, 1.165) is 38.4 Å². The third-order valence-electron chi connectivity index (χ3n) is 7.51. The Hall–Kier alpha value is -5.83. The minimum Gasteiger partial charge on any atom is -0.324 e. The zero-order chi connectivity index (χ0) is 27.1. The number of aromatic nitrogens is 8. The molecule has 2 aliphatic rings. The first-order chi connectivity index (χ1) is 20.2. The van der Waals surface area contributed by atoms with Crippen LogP contribution in [-0.2, 0) is 0 Å². The van der Waals surface area contributed by atoms with Crippen molar-refractivity contribution in [2.75, 3.05) is 0 Å². The molecule has 41 heavy (non-hydrogen) atoms. The second-order valence-electron chi connectivity index (χ2n) is 9.94. The summed E-state index contributed by atoms with van der Waals surface area (Å²) in [5.41, 5.74) is 5.67. The van der Waals surface area contributed by atoms with Crippen LogP contribution in [0.3, 0.4) is 0 Å². The lowest BCUT2D eigenvalue weighted by atomic mass is 10.1. The number of fused-ring (bicyclic) bond motifs is 20. The van der Waals surface area contributed by atoms with Crippen LogP contribution >= 0.6 is 0 Å². The molecule has 0 saturated carbocycles. The Morgan fingerprint density at radius 3 is 1.20 bits per heavy atom. The van der Waals surface area contributed by atoms with Crippen LogP contribution in [0.15, 0.2) is 91.0 Å². The smallest absolute Gasteiger partial charge is 0.164 e. The van der Waals surface area contributed by atoms with Gasteiger partial charge >= 0.3 is 0 Å². The van der Waals surface area contributed by atoms with Crippen molar-refractivity contribution in [3.63, 3.8) is 0 Å². The predicted molar refractivity (Wildman–Crippen MR) is 156 cm³/mol. The van der Waals surface area contributed by atoms with Gasteiger partial charge in [0.1, 0.15) is 28.4 Å². The number of nitrogens with zero attached hydrogens (tertiary/aromatic N) is 6. The molecule has 8 bridgehead atoms. The van der Waals surface area contributed by atoms with Crippen molar-refractivity contribution in [2.45, 2.75) is 0 Å². The molecule has 3 aromatic heterocycles. The number of hydrogen-bond acceptors (Lipinski definition) is 6. The van der Waals surface area contributed by atoms with E-state index in [1.54, 1.807) is 6.07 Å². The Labute approximate surface area is 230 Å². The maximum Gasteiger partial charge on any atom is 0.164 e. The maximum atomic E-state index is 14.5. The van der Waals surface area contributed by atoms with Crippen molar-refractivity contribution >= 4 is 44.1 Å². The molecule has 192 valence electrons. The van der Waals surface area contributed by atoms with Crippen LogP contribution in [0.25, 0.3) is 89.7 Å². The molecule has 2 aliphatic heterocycles. The van der Waals surface area contributed by atoms with Crippen molar-refractivity contribution in [3.05, 3.63) is 96.8 Å². The van der Waals surface area contributed by atoms with E-state index in [-0.39, 0.29) is 5.82 Å². The van der Waals surface area contributed by atoms with Gasteiger partial charge in [-0.2, -0.15) is 0 Å². The first kappa shape index (κ1) is 22.0. The molecule has 0 fully saturated rings. The monoisotopic (exact) mass is 532 g/mol. The molecule has 0 saturated heterocycles. The van der Waals surface area contributed by atoms with Crippen molar-refractivity contribution in [3.8, 4) is 45.6 Å². The van der Waals surface area contributed by atoms with Gasteiger partial charge in [-0.05, 0) is 18.2 Å². The Balaban J connectivity index is 1.51. The molecule has 0 aliphatic carbocycles. The van der Waals surface area contributed by atoms with Gasteiger partial charge in [0.05, 0.1) is 0 Å². The number of benzene rings is 4. The van der Waals surface area contributed by atoms with Gasteiger partial charge in [-0.25, -0.2) is 34.3 Å². The molecule has 0 atom stereocenters. The first-order valence-electron chi connectivity index (χ1n) is 13.1. The summed E-state index contributed by atoms with van der Waals surface area (Å²) in [5.74, 6) is 1.68. The Morgan fingerprint density at radius 1 is 0.390 bits per heavy atom. The second-order valence-corrected chi connectivity index (χ2v) is 9.94. The largest absolute Gasteiger partial charge is 0.324 e. The molecule has 5 heterocycles. The van der Waals surface area contributed by atoms with Gasteiger partial charge in [-0.3, -0.25) is 0 Å². The molecule has 0 unspecified atom stereocenters. The van der Waals surface area contributed by atoms with Gasteiger partial charge in [0, 0.05) is 43.8 Å². The van der Waals surface area contributed by atoms with Crippen LogP contribution in [-0.4, -0.2) is 39.9 Å². The molecular weight excluding hydrogens is 515 g/mol. The van der Waals surface area contributed by atoms with Crippen molar-refractivity contribution in [2.24, 2.45) is 0 Å². The van der Waals surface area contributed by atoms with Crippen LogP contribution in [0.1, 0.15) is 0 Å². The number of aromatic amines is 2. The highest BCUT2D eigenvalue weighted by atomic mass is 19.1. The van der Waals surface area contributed by atoms with Gasteiger partial charge in [-0.15, -0.1) is 0 Å². The average Bonchev–Trinajstić information content (AvgIpc) is 3.72. The summed E-state index contributed by atoms with van der Waals surface area (Å²) in [6.45, 7) is 0. The highest BCUT2D eigenvalue weighted by Crippen LogP contribution is 2.36. The molecular formula is C32H17FN8. The molecule has 0 radical (unpaired) electrons. The topological polar surface area (TPSA) is 109 Å². The Kier molecular flexibility index (Phi) is 4.35. The molecule has 2 N–H and O–H groups in total. The third kappa shape index (κ3) is 3.26. The normalized spacial score (nSPS) is 12.0. The lowest BCUT2D eigenvalue weighted by Gasteiger charge is -1.96. The quantitative estimate of drug-likeness (QED) is 0.217. The second kappa shape index (κ2) is 8.09. The number of halogens is 1. The molecule has 9 rings (SSSR count). The van der Waals surface area contributed by atoms with E-state index in [1.807, 2.05) is 72.8 Å². The lowest BCUT2D eigenvalue weighted by molar-refractivity contribution is 0.630. The summed E-state index contributed by atoms with van der Waals surface area (Å²) < 4.78 is 14.5.